The van der Waals surface area contributed by atoms with E-state index < -0.39 is 33.8 Å². The second-order valence-electron chi connectivity index (χ2n) is 5.47. The molecule has 0 aliphatic carbocycles. The number of aliphatic hydroxyl groups excluding tert-OH is 1. The Bertz CT molecular complexity index is 915. The minimum Gasteiger partial charge on any atom is -0.506 e. The van der Waals surface area contributed by atoms with Gasteiger partial charge >= 0.3 is 11.8 Å². The van der Waals surface area contributed by atoms with E-state index in [1.54, 1.807) is 32.0 Å². The molecule has 0 bridgehead atoms. The molecule has 0 saturated heterocycles. The van der Waals surface area contributed by atoms with Crippen LogP contribution in [0.3, 0.4) is 0 Å². The molecular weight excluding hydrogens is 354 g/mol. The van der Waals surface area contributed by atoms with Crippen molar-refractivity contribution in [2.75, 3.05) is 6.61 Å². The quantitative estimate of drug-likeness (QED) is 0.116. The molecule has 0 spiro atoms. The predicted molar refractivity (Wildman–Crippen MR) is 96.2 cm³/mol. The van der Waals surface area contributed by atoms with Crippen molar-refractivity contribution in [2.24, 2.45) is 0 Å². The Morgan fingerprint density at radius 2 is 1.89 bits per heavy atom. The number of aromatic nitrogens is 2. The van der Waals surface area contributed by atoms with Gasteiger partial charge in [-0.15, -0.1) is 0 Å². The molecule has 9 heteroatoms. The smallest absolute Gasteiger partial charge is 0.393 e. The van der Waals surface area contributed by atoms with E-state index in [1.165, 1.54) is 23.6 Å². The van der Waals surface area contributed by atoms with Gasteiger partial charge in [-0.1, -0.05) is 30.3 Å². The number of rotatable bonds is 7. The molecule has 0 radical (unpaired) electrons. The molecule has 1 N–H and O–H groups in total. The maximum Gasteiger partial charge on any atom is 0.393 e. The third kappa shape index (κ3) is 3.86. The number of imidazole rings is 1. The fourth-order valence-corrected chi connectivity index (χ4v) is 2.65. The molecule has 1 aromatic carbocycles. The van der Waals surface area contributed by atoms with Crippen molar-refractivity contribution in [2.45, 2.75) is 27.3 Å². The molecule has 27 heavy (non-hydrogen) atoms. The molecule has 0 fully saturated rings. The zero-order valence-electron chi connectivity index (χ0n) is 15.1. The van der Waals surface area contributed by atoms with Gasteiger partial charge in [0.25, 0.3) is 0 Å². The summed E-state index contributed by atoms with van der Waals surface area (Å²) in [5, 5.41) is 21.9. The van der Waals surface area contributed by atoms with Crippen LogP contribution in [-0.4, -0.2) is 37.9 Å². The summed E-state index contributed by atoms with van der Waals surface area (Å²) in [5.74, 6) is -3.14. The molecular formula is C18H19N3O6. The number of ether oxygens (including phenoxy) is 1. The van der Waals surface area contributed by atoms with Gasteiger partial charge in [-0.3, -0.25) is 9.36 Å². The Hall–Kier alpha value is -3.49. The molecule has 2 aromatic rings. The highest BCUT2D eigenvalue weighted by Gasteiger charge is 2.36. The average Bonchev–Trinajstić information content (AvgIpc) is 2.99. The summed E-state index contributed by atoms with van der Waals surface area (Å²) < 4.78 is 6.21. The molecule has 0 atom stereocenters. The third-order valence-corrected chi connectivity index (χ3v) is 3.83. The van der Waals surface area contributed by atoms with Gasteiger partial charge < -0.3 is 20.0 Å². The Morgan fingerprint density at radius 3 is 2.41 bits per heavy atom. The summed E-state index contributed by atoms with van der Waals surface area (Å²) in [7, 11) is 0. The van der Waals surface area contributed by atoms with Crippen LogP contribution in [0.25, 0.3) is 5.76 Å². The molecule has 1 heterocycles. The van der Waals surface area contributed by atoms with Crippen molar-refractivity contribution >= 4 is 23.3 Å². The molecule has 0 saturated carbocycles. The first-order valence-electron chi connectivity index (χ1n) is 8.25. The van der Waals surface area contributed by atoms with Crippen LogP contribution in [0.15, 0.2) is 35.9 Å². The van der Waals surface area contributed by atoms with E-state index in [0.29, 0.717) is 0 Å². The van der Waals surface area contributed by atoms with E-state index >= 15 is 0 Å². The van der Waals surface area contributed by atoms with Crippen molar-refractivity contribution in [1.29, 1.82) is 0 Å². The highest BCUT2D eigenvalue weighted by molar-refractivity contribution is 6.28. The second kappa shape index (κ2) is 8.26. The van der Waals surface area contributed by atoms with E-state index in [-0.39, 0.29) is 30.2 Å². The lowest BCUT2D eigenvalue weighted by atomic mass is 10.0. The predicted octanol–water partition coefficient (Wildman–Crippen LogP) is 2.83. The molecule has 1 aromatic heterocycles. The van der Waals surface area contributed by atoms with Crippen molar-refractivity contribution in [3.8, 4) is 0 Å². The first-order valence-corrected chi connectivity index (χ1v) is 8.25. The molecule has 142 valence electrons. The van der Waals surface area contributed by atoms with Crippen molar-refractivity contribution in [3.05, 3.63) is 63.1 Å². The number of nitrogens with zero attached hydrogens (tertiary/aromatic N) is 3. The van der Waals surface area contributed by atoms with Crippen LogP contribution in [0.2, 0.25) is 0 Å². The van der Waals surface area contributed by atoms with Crippen molar-refractivity contribution in [3.63, 3.8) is 0 Å². The van der Waals surface area contributed by atoms with Crippen LogP contribution >= 0.6 is 0 Å². The number of ketones is 1. The summed E-state index contributed by atoms with van der Waals surface area (Å²) in [5.41, 5.74) is -0.859. The molecule has 2 rings (SSSR count). The number of aryl methyl sites for hydroxylation is 1. The van der Waals surface area contributed by atoms with Gasteiger partial charge in [0, 0.05) is 19.0 Å². The van der Waals surface area contributed by atoms with Crippen LogP contribution < -0.4 is 0 Å². The second-order valence-corrected chi connectivity index (χ2v) is 5.47. The van der Waals surface area contributed by atoms with E-state index in [1.807, 2.05) is 0 Å². The third-order valence-electron chi connectivity index (χ3n) is 3.83. The van der Waals surface area contributed by atoms with Crippen molar-refractivity contribution < 1.29 is 24.4 Å². The number of nitro groups is 1. The molecule has 0 aliphatic heterocycles. The number of carbonyl (C=O) groups excluding carboxylic acids is 2. The largest absolute Gasteiger partial charge is 0.506 e. The molecule has 0 amide bonds. The maximum absolute atomic E-state index is 13.1. The lowest BCUT2D eigenvalue weighted by Crippen LogP contribution is -2.22. The normalized spacial score (nSPS) is 11.7. The maximum atomic E-state index is 13.1. The first kappa shape index (κ1) is 19.8. The SMILES string of the molecule is CCOC(=O)/C(C(=O)c1c([N+](=O)[O-])nc(C)n1CC)=C(/O)c1ccccc1. The summed E-state index contributed by atoms with van der Waals surface area (Å²) in [4.78, 5) is 39.9. The minimum absolute atomic E-state index is 0.0359. The van der Waals surface area contributed by atoms with Gasteiger partial charge in [0.2, 0.25) is 11.6 Å². The number of carbonyl (C=O) groups is 2. The standard InChI is InChI=1S/C18H19N3O6/c1-4-20-11(3)19-17(21(25)26)14(20)16(23)13(18(24)27-5-2)15(22)12-9-7-6-8-10-12/h6-10,22H,4-5H2,1-3H3/b15-13+. The Kier molecular flexibility index (Phi) is 6.07. The van der Waals surface area contributed by atoms with Crippen LogP contribution in [0.1, 0.15) is 35.7 Å². The summed E-state index contributed by atoms with van der Waals surface area (Å²) in [6.45, 7) is 4.92. The van der Waals surface area contributed by atoms with Crippen LogP contribution in [0.5, 0.6) is 0 Å². The van der Waals surface area contributed by atoms with Gasteiger partial charge in [-0.05, 0) is 23.8 Å². The van der Waals surface area contributed by atoms with E-state index in [9.17, 15) is 24.8 Å². The molecule has 0 unspecified atom stereocenters. The highest BCUT2D eigenvalue weighted by Crippen LogP contribution is 2.26. The summed E-state index contributed by atoms with van der Waals surface area (Å²) in [6, 6.07) is 7.92. The van der Waals surface area contributed by atoms with Gasteiger partial charge in [-0.2, -0.15) is 0 Å². The van der Waals surface area contributed by atoms with Gasteiger partial charge in [-0.25, -0.2) is 4.79 Å². The number of aliphatic hydroxyl groups is 1. The number of esters is 1. The number of benzene rings is 1. The highest BCUT2D eigenvalue weighted by atomic mass is 16.6. The van der Waals surface area contributed by atoms with Gasteiger partial charge in [0.05, 0.1) is 6.61 Å². The molecule has 0 aliphatic rings. The number of hydrogen-bond donors (Lipinski definition) is 1. The average molecular weight is 373 g/mol. The van der Waals surface area contributed by atoms with Crippen molar-refractivity contribution in [1.82, 2.24) is 9.55 Å². The van der Waals surface area contributed by atoms with E-state index in [0.717, 1.165) is 0 Å². The monoisotopic (exact) mass is 373 g/mol. The van der Waals surface area contributed by atoms with Crippen LogP contribution in [0, 0.1) is 17.0 Å². The molecule has 9 nitrogen and oxygen atoms in total. The lowest BCUT2D eigenvalue weighted by Gasteiger charge is -2.11. The van der Waals surface area contributed by atoms with Crippen LogP contribution in [0.4, 0.5) is 5.82 Å². The topological polar surface area (TPSA) is 125 Å². The van der Waals surface area contributed by atoms with Crippen LogP contribution in [-0.2, 0) is 16.1 Å². The zero-order chi connectivity index (χ0) is 20.1. The van der Waals surface area contributed by atoms with E-state index in [4.69, 9.17) is 4.74 Å². The van der Waals surface area contributed by atoms with Gasteiger partial charge in [0.15, 0.2) is 11.3 Å². The fraction of sp³-hybridized carbons (Fsp3) is 0.278. The Balaban J connectivity index is 2.74. The zero-order valence-corrected chi connectivity index (χ0v) is 15.1. The summed E-state index contributed by atoms with van der Waals surface area (Å²) in [6.07, 6.45) is 0. The van der Waals surface area contributed by atoms with Gasteiger partial charge in [0.1, 0.15) is 5.76 Å². The summed E-state index contributed by atoms with van der Waals surface area (Å²) >= 11 is 0. The minimum atomic E-state index is -1.07. The fourth-order valence-electron chi connectivity index (χ4n) is 2.65. The number of hydrogen-bond acceptors (Lipinski definition) is 7. The lowest BCUT2D eigenvalue weighted by molar-refractivity contribution is -0.389. The number of Topliss-reactive ketones (excluding diaryl/α,β-unsaturated/α-hetero) is 1. The Labute approximate surface area is 155 Å². The Morgan fingerprint density at radius 1 is 1.26 bits per heavy atom. The first-order chi connectivity index (χ1) is 12.8. The van der Waals surface area contributed by atoms with E-state index in [2.05, 4.69) is 4.98 Å².